The van der Waals surface area contributed by atoms with Crippen LogP contribution in [0.2, 0.25) is 0 Å². The van der Waals surface area contributed by atoms with Crippen LogP contribution in [0.3, 0.4) is 0 Å². The number of oxazole rings is 1. The van der Waals surface area contributed by atoms with Gasteiger partial charge in [0.1, 0.15) is 11.6 Å². The van der Waals surface area contributed by atoms with Crippen LogP contribution in [0.1, 0.15) is 18.6 Å². The molecular weight excluding hydrogens is 298 g/mol. The van der Waals surface area contributed by atoms with Crippen LogP contribution in [0.4, 0.5) is 11.8 Å². The number of rotatable bonds is 5. The van der Waals surface area contributed by atoms with Crippen molar-refractivity contribution >= 4 is 27.7 Å². The molecule has 2 heterocycles. The third-order valence-corrected chi connectivity index (χ3v) is 2.90. The normalized spacial score (nSPS) is 10.4. The molecule has 96 valence electrons. The average Bonchev–Trinajstić information content (AvgIpc) is 2.86. The molecule has 0 spiro atoms. The highest BCUT2D eigenvalue weighted by Gasteiger charge is 2.06. The largest absolute Gasteiger partial charge is 0.444 e. The summed E-state index contributed by atoms with van der Waals surface area (Å²) in [6, 6.07) is 0. The Morgan fingerprint density at radius 3 is 2.83 bits per heavy atom. The first-order valence-electron chi connectivity index (χ1n) is 5.60. The van der Waals surface area contributed by atoms with Crippen LogP contribution in [-0.4, -0.2) is 22.0 Å². The van der Waals surface area contributed by atoms with Crippen LogP contribution in [0.5, 0.6) is 0 Å². The number of nitrogens with zero attached hydrogens (tertiary/aromatic N) is 3. The third kappa shape index (κ3) is 2.98. The fourth-order valence-electron chi connectivity index (χ4n) is 1.36. The number of hydrogen-bond donors (Lipinski definition) is 2. The molecule has 0 aliphatic heterocycles. The maximum Gasteiger partial charge on any atom is 0.224 e. The molecule has 0 aliphatic carbocycles. The van der Waals surface area contributed by atoms with Crippen molar-refractivity contribution in [3.63, 3.8) is 0 Å². The summed E-state index contributed by atoms with van der Waals surface area (Å²) in [4.78, 5) is 12.5. The van der Waals surface area contributed by atoms with E-state index in [0.29, 0.717) is 24.2 Å². The molecule has 0 saturated heterocycles. The summed E-state index contributed by atoms with van der Waals surface area (Å²) in [6.45, 7) is 2.51. The first-order valence-corrected chi connectivity index (χ1v) is 6.40. The van der Waals surface area contributed by atoms with Crippen LogP contribution in [0.15, 0.2) is 21.3 Å². The third-order valence-electron chi connectivity index (χ3n) is 2.32. The highest BCUT2D eigenvalue weighted by molar-refractivity contribution is 9.10. The van der Waals surface area contributed by atoms with Gasteiger partial charge in [-0.1, -0.05) is 6.92 Å². The van der Waals surface area contributed by atoms with Gasteiger partial charge in [-0.25, -0.2) is 9.97 Å². The number of nitrogens with one attached hydrogen (secondary N) is 2. The Morgan fingerprint density at radius 2 is 2.17 bits per heavy atom. The minimum Gasteiger partial charge on any atom is -0.444 e. The quantitative estimate of drug-likeness (QED) is 0.883. The van der Waals surface area contributed by atoms with Gasteiger partial charge in [0.25, 0.3) is 0 Å². The van der Waals surface area contributed by atoms with E-state index in [1.54, 1.807) is 19.4 Å². The van der Waals surface area contributed by atoms with E-state index in [0.717, 1.165) is 16.7 Å². The Kier molecular flexibility index (Phi) is 4.14. The molecular formula is C11H14BrN5O. The first-order chi connectivity index (χ1) is 8.72. The molecule has 0 fully saturated rings. The fraction of sp³-hybridized carbons (Fsp3) is 0.364. The molecule has 2 aromatic heterocycles. The average molecular weight is 312 g/mol. The summed E-state index contributed by atoms with van der Waals surface area (Å²) in [5.41, 5.74) is 0. The summed E-state index contributed by atoms with van der Waals surface area (Å²) < 4.78 is 6.30. The molecule has 0 amide bonds. The summed E-state index contributed by atoms with van der Waals surface area (Å²) >= 11 is 3.39. The standard InChI is InChI=1S/C11H14BrN5O/c1-3-7-4-14-9(18-7)6-15-10-8(12)5-16-11(13-2)17-10/h4-5H,3,6H2,1-2H3,(H2,13,15,16,17). The van der Waals surface area contributed by atoms with Crippen LogP contribution >= 0.6 is 15.9 Å². The van der Waals surface area contributed by atoms with Crippen molar-refractivity contribution in [1.82, 2.24) is 15.0 Å². The second kappa shape index (κ2) is 5.81. The lowest BCUT2D eigenvalue weighted by atomic mass is 10.4. The second-order valence-corrected chi connectivity index (χ2v) is 4.42. The van der Waals surface area contributed by atoms with Crippen molar-refractivity contribution in [2.24, 2.45) is 0 Å². The van der Waals surface area contributed by atoms with Gasteiger partial charge in [0.15, 0.2) is 0 Å². The summed E-state index contributed by atoms with van der Waals surface area (Å²) in [5, 5.41) is 6.03. The Bertz CT molecular complexity index is 528. The summed E-state index contributed by atoms with van der Waals surface area (Å²) in [5.74, 6) is 2.78. The molecule has 2 aromatic rings. The highest BCUT2D eigenvalue weighted by Crippen LogP contribution is 2.20. The Hall–Kier alpha value is -1.63. The van der Waals surface area contributed by atoms with Gasteiger partial charge in [0, 0.05) is 19.7 Å². The van der Waals surface area contributed by atoms with Crippen molar-refractivity contribution in [3.8, 4) is 0 Å². The lowest BCUT2D eigenvalue weighted by Gasteiger charge is -2.06. The molecule has 0 aromatic carbocycles. The molecule has 6 nitrogen and oxygen atoms in total. The van der Waals surface area contributed by atoms with Crippen molar-refractivity contribution < 1.29 is 4.42 Å². The van der Waals surface area contributed by atoms with Crippen LogP contribution in [0.25, 0.3) is 0 Å². The fourth-order valence-corrected chi connectivity index (χ4v) is 1.70. The second-order valence-electron chi connectivity index (χ2n) is 3.57. The zero-order valence-corrected chi connectivity index (χ0v) is 11.8. The van der Waals surface area contributed by atoms with Gasteiger partial charge in [-0.15, -0.1) is 0 Å². The van der Waals surface area contributed by atoms with Gasteiger partial charge in [0.2, 0.25) is 11.8 Å². The van der Waals surface area contributed by atoms with Crippen molar-refractivity contribution in [1.29, 1.82) is 0 Å². The number of anilines is 2. The first kappa shape index (κ1) is 12.8. The van der Waals surface area contributed by atoms with Gasteiger partial charge in [-0.2, -0.15) is 4.98 Å². The van der Waals surface area contributed by atoms with E-state index in [1.807, 2.05) is 6.92 Å². The zero-order valence-electron chi connectivity index (χ0n) is 10.2. The van der Waals surface area contributed by atoms with E-state index in [9.17, 15) is 0 Å². The predicted molar refractivity (Wildman–Crippen MR) is 72.5 cm³/mol. The lowest BCUT2D eigenvalue weighted by Crippen LogP contribution is -2.05. The van der Waals surface area contributed by atoms with E-state index < -0.39 is 0 Å². The number of aromatic nitrogens is 3. The van der Waals surface area contributed by atoms with E-state index in [4.69, 9.17) is 4.42 Å². The highest BCUT2D eigenvalue weighted by atomic mass is 79.9. The molecule has 0 radical (unpaired) electrons. The van der Waals surface area contributed by atoms with Crippen molar-refractivity contribution in [2.45, 2.75) is 19.9 Å². The number of aryl methyl sites for hydroxylation is 1. The van der Waals surface area contributed by atoms with Gasteiger partial charge >= 0.3 is 0 Å². The molecule has 0 unspecified atom stereocenters. The minimum atomic E-state index is 0.485. The number of hydrogen-bond acceptors (Lipinski definition) is 6. The number of halogens is 1. The molecule has 2 N–H and O–H groups in total. The molecule has 18 heavy (non-hydrogen) atoms. The van der Waals surface area contributed by atoms with Crippen LogP contribution in [-0.2, 0) is 13.0 Å². The minimum absolute atomic E-state index is 0.485. The lowest BCUT2D eigenvalue weighted by molar-refractivity contribution is 0.465. The Balaban J connectivity index is 2.05. The Morgan fingerprint density at radius 1 is 1.33 bits per heavy atom. The SMILES string of the molecule is CCc1cnc(CNc2nc(NC)ncc2Br)o1. The van der Waals surface area contributed by atoms with Gasteiger partial charge < -0.3 is 15.1 Å². The molecule has 0 atom stereocenters. The molecule has 7 heteroatoms. The van der Waals surface area contributed by atoms with E-state index >= 15 is 0 Å². The van der Waals surface area contributed by atoms with Crippen molar-refractivity contribution in [2.75, 3.05) is 17.7 Å². The predicted octanol–water partition coefficient (Wildman–Crippen LogP) is 2.44. The zero-order chi connectivity index (χ0) is 13.0. The van der Waals surface area contributed by atoms with E-state index in [1.165, 1.54) is 0 Å². The maximum absolute atomic E-state index is 5.50. The molecule has 0 bridgehead atoms. The molecule has 0 saturated carbocycles. The van der Waals surface area contributed by atoms with Crippen LogP contribution in [0, 0.1) is 0 Å². The smallest absolute Gasteiger partial charge is 0.224 e. The Labute approximate surface area is 113 Å². The van der Waals surface area contributed by atoms with Gasteiger partial charge in [-0.3, -0.25) is 0 Å². The van der Waals surface area contributed by atoms with Gasteiger partial charge in [-0.05, 0) is 15.9 Å². The summed E-state index contributed by atoms with van der Waals surface area (Å²) in [6.07, 6.45) is 4.27. The van der Waals surface area contributed by atoms with Crippen molar-refractivity contribution in [3.05, 3.63) is 28.5 Å². The molecule has 2 rings (SSSR count). The van der Waals surface area contributed by atoms with Crippen LogP contribution < -0.4 is 10.6 Å². The topological polar surface area (TPSA) is 75.9 Å². The maximum atomic E-state index is 5.50. The van der Waals surface area contributed by atoms with E-state index in [-0.39, 0.29) is 0 Å². The van der Waals surface area contributed by atoms with Gasteiger partial charge in [0.05, 0.1) is 17.2 Å². The monoisotopic (exact) mass is 311 g/mol. The molecule has 0 aliphatic rings. The van der Waals surface area contributed by atoms with E-state index in [2.05, 4.69) is 41.5 Å². The summed E-state index contributed by atoms with van der Waals surface area (Å²) in [7, 11) is 1.77.